The van der Waals surface area contributed by atoms with E-state index in [4.69, 9.17) is 0 Å². The zero-order valence-corrected chi connectivity index (χ0v) is 48.1. The maximum atomic E-state index is 2.81. The van der Waals surface area contributed by atoms with Crippen LogP contribution < -0.4 is 36.0 Å². The molecule has 0 amide bonds. The van der Waals surface area contributed by atoms with E-state index in [1.165, 1.54) is 152 Å². The van der Waals surface area contributed by atoms with Gasteiger partial charge in [0.1, 0.15) is 0 Å². The third-order valence-electron chi connectivity index (χ3n) is 20.7. The van der Waals surface area contributed by atoms with Crippen LogP contribution in [-0.2, 0) is 27.1 Å². The minimum Gasteiger partial charge on any atom is -0.334 e. The van der Waals surface area contributed by atoms with E-state index < -0.39 is 0 Å². The van der Waals surface area contributed by atoms with Crippen LogP contribution in [0.5, 0.6) is 0 Å². The third kappa shape index (κ3) is 6.94. The summed E-state index contributed by atoms with van der Waals surface area (Å²) in [6, 6.07) is 58.4. The summed E-state index contributed by atoms with van der Waals surface area (Å²) in [5.41, 5.74) is 23.7. The number of anilines is 10. The van der Waals surface area contributed by atoms with Crippen LogP contribution in [0, 0.1) is 0 Å². The third-order valence-corrected chi connectivity index (χ3v) is 20.7. The Bertz CT molecular complexity index is 3480. The molecule has 13 rings (SSSR count). The van der Waals surface area contributed by atoms with Gasteiger partial charge in [-0.05, 0) is 173 Å². The Morgan fingerprint density at radius 3 is 1.46 bits per heavy atom. The van der Waals surface area contributed by atoms with E-state index >= 15 is 0 Å². The highest BCUT2D eigenvalue weighted by molar-refractivity contribution is 7.00. The Kier molecular flexibility index (Phi) is 10.8. The first kappa shape index (κ1) is 49.4. The zero-order chi connectivity index (χ0) is 53.1. The van der Waals surface area contributed by atoms with Crippen molar-refractivity contribution in [3.05, 3.63) is 173 Å². The molecule has 2 aliphatic carbocycles. The molecule has 4 heterocycles. The molecule has 4 unspecified atom stereocenters. The van der Waals surface area contributed by atoms with Crippen molar-refractivity contribution in [3.63, 3.8) is 0 Å². The van der Waals surface area contributed by atoms with Crippen molar-refractivity contribution in [1.82, 2.24) is 0 Å². The van der Waals surface area contributed by atoms with Gasteiger partial charge in [-0.15, -0.1) is 0 Å². The molecular formula is C71H81BN4. The number of fused-ring (bicyclic) bond motifs is 10. The monoisotopic (exact) mass is 1000 g/mol. The first-order valence-electron chi connectivity index (χ1n) is 29.1. The summed E-state index contributed by atoms with van der Waals surface area (Å²) in [4.78, 5) is 11.0. The van der Waals surface area contributed by atoms with Gasteiger partial charge < -0.3 is 19.6 Å². The first-order valence-corrected chi connectivity index (χ1v) is 29.1. The smallest absolute Gasteiger partial charge is 0.252 e. The van der Waals surface area contributed by atoms with Crippen LogP contribution in [0.25, 0.3) is 0 Å². The molecule has 0 spiro atoms. The highest BCUT2D eigenvalue weighted by atomic mass is 15.3. The lowest BCUT2D eigenvalue weighted by molar-refractivity contribution is 0.195. The van der Waals surface area contributed by atoms with Crippen LogP contribution in [-0.4, -0.2) is 17.8 Å². The fraction of sp³-hybridized carbons (Fsp3) is 0.408. The van der Waals surface area contributed by atoms with Crippen molar-refractivity contribution in [3.8, 4) is 0 Å². The molecule has 0 radical (unpaired) electrons. The topological polar surface area (TPSA) is 13.0 Å². The molecule has 4 nitrogen and oxygen atoms in total. The molecule has 388 valence electrons. The van der Waals surface area contributed by atoms with Gasteiger partial charge >= 0.3 is 0 Å². The highest BCUT2D eigenvalue weighted by Crippen LogP contribution is 2.63. The average molecular weight is 1000 g/mol. The van der Waals surface area contributed by atoms with Gasteiger partial charge in [0.2, 0.25) is 0 Å². The van der Waals surface area contributed by atoms with Gasteiger partial charge in [-0.1, -0.05) is 181 Å². The zero-order valence-electron chi connectivity index (χ0n) is 48.1. The molecule has 0 aromatic heterocycles. The molecule has 4 aliphatic heterocycles. The second-order valence-electron chi connectivity index (χ2n) is 28.1. The molecule has 2 fully saturated rings. The molecule has 5 heteroatoms. The number of para-hydroxylation sites is 2. The summed E-state index contributed by atoms with van der Waals surface area (Å²) < 4.78 is 0. The summed E-state index contributed by atoms with van der Waals surface area (Å²) in [5.74, 6) is 0. The van der Waals surface area contributed by atoms with Crippen LogP contribution in [0.1, 0.15) is 176 Å². The van der Waals surface area contributed by atoms with Crippen molar-refractivity contribution >= 4 is 80.0 Å². The summed E-state index contributed by atoms with van der Waals surface area (Å²) >= 11 is 0. The lowest BCUT2D eigenvalue weighted by atomic mass is 9.33. The Labute approximate surface area is 456 Å². The fourth-order valence-electron chi connectivity index (χ4n) is 15.9. The molecule has 0 bridgehead atoms. The minimum atomic E-state index is -0.118. The Morgan fingerprint density at radius 1 is 0.355 bits per heavy atom. The van der Waals surface area contributed by atoms with Gasteiger partial charge in [-0.3, -0.25) is 0 Å². The number of rotatable bonds is 4. The summed E-state index contributed by atoms with van der Waals surface area (Å²) in [6.45, 7) is 31.5. The Hall–Kier alpha value is -6.20. The normalized spacial score (nSPS) is 24.5. The van der Waals surface area contributed by atoms with Crippen molar-refractivity contribution < 1.29 is 0 Å². The second-order valence-corrected chi connectivity index (χ2v) is 28.1. The number of benzene rings is 7. The van der Waals surface area contributed by atoms with E-state index in [0.29, 0.717) is 0 Å². The van der Waals surface area contributed by atoms with E-state index in [0.717, 1.165) is 6.42 Å². The van der Waals surface area contributed by atoms with Crippen LogP contribution in [0.4, 0.5) is 56.9 Å². The van der Waals surface area contributed by atoms with Crippen molar-refractivity contribution in [2.24, 2.45) is 0 Å². The molecular weight excluding hydrogens is 920 g/mol. The number of hydrogen-bond acceptors (Lipinski definition) is 4. The first-order chi connectivity index (χ1) is 36.1. The molecule has 76 heavy (non-hydrogen) atoms. The summed E-state index contributed by atoms with van der Waals surface area (Å²) in [7, 11) is 0. The van der Waals surface area contributed by atoms with Crippen LogP contribution in [0.2, 0.25) is 0 Å². The summed E-state index contributed by atoms with van der Waals surface area (Å²) in [5, 5.41) is 0. The molecule has 2 saturated carbocycles. The largest absolute Gasteiger partial charge is 0.334 e. The van der Waals surface area contributed by atoms with Gasteiger partial charge in [0, 0.05) is 67.7 Å². The summed E-state index contributed by atoms with van der Waals surface area (Å²) in [6.07, 6.45) is 11.0. The van der Waals surface area contributed by atoms with E-state index in [2.05, 4.69) is 255 Å². The van der Waals surface area contributed by atoms with Gasteiger partial charge in [-0.25, -0.2) is 0 Å². The average Bonchev–Trinajstić information content (AvgIpc) is 3.88. The van der Waals surface area contributed by atoms with Crippen molar-refractivity contribution in [2.45, 2.75) is 186 Å². The molecule has 4 atom stereocenters. The minimum absolute atomic E-state index is 0.0101. The van der Waals surface area contributed by atoms with E-state index in [1.807, 2.05) is 0 Å². The van der Waals surface area contributed by atoms with Gasteiger partial charge in [0.05, 0.1) is 11.1 Å². The van der Waals surface area contributed by atoms with Crippen molar-refractivity contribution in [2.75, 3.05) is 19.6 Å². The molecule has 7 aromatic carbocycles. The maximum Gasteiger partial charge on any atom is 0.252 e. The van der Waals surface area contributed by atoms with Crippen LogP contribution in [0.15, 0.2) is 146 Å². The quantitative estimate of drug-likeness (QED) is 0.163. The Balaban J connectivity index is 1.14. The number of hydrogen-bond donors (Lipinski definition) is 0. The molecule has 0 N–H and O–H groups in total. The van der Waals surface area contributed by atoms with E-state index in [1.54, 1.807) is 0 Å². The second kappa shape index (κ2) is 16.7. The predicted molar refractivity (Wildman–Crippen MR) is 327 cm³/mol. The van der Waals surface area contributed by atoms with Gasteiger partial charge in [0.25, 0.3) is 6.71 Å². The van der Waals surface area contributed by atoms with Gasteiger partial charge in [0.15, 0.2) is 0 Å². The lowest BCUT2D eigenvalue weighted by Gasteiger charge is -2.51. The van der Waals surface area contributed by atoms with Crippen molar-refractivity contribution in [1.29, 1.82) is 0 Å². The standard InChI is InChI=1S/C71H81BN4/c1-65(2,3)47-30-33-50(34-31-47)73-60-37-35-52(75-58-28-17-15-26-54(58)68(10)38-19-14-20-40-70(68,75)12)44-57(60)72-56-36-32-49(67(7,8)9)43-61(56)74(51-25-23-24-48(42-51)66(4,5)6)63-46-53(45-62(73)64(63)72)76-59-29-18-16-27-55(59)69(11)39-21-22-41-71(69,76)13/h15-18,23-37,42-46H,14,19-22,38-41H2,1-13H3. The highest BCUT2D eigenvalue weighted by Gasteiger charge is 2.59. The molecule has 0 saturated heterocycles. The molecule has 6 aliphatic rings. The maximum absolute atomic E-state index is 2.81. The fourth-order valence-corrected chi connectivity index (χ4v) is 15.9. The molecule has 7 aromatic rings. The van der Waals surface area contributed by atoms with E-state index in [-0.39, 0.29) is 44.9 Å². The van der Waals surface area contributed by atoms with Crippen LogP contribution >= 0.6 is 0 Å². The number of nitrogens with zero attached hydrogens (tertiary/aromatic N) is 4. The lowest BCUT2D eigenvalue weighted by Crippen LogP contribution is -2.62. The van der Waals surface area contributed by atoms with E-state index in [9.17, 15) is 0 Å². The van der Waals surface area contributed by atoms with Crippen LogP contribution in [0.3, 0.4) is 0 Å². The predicted octanol–water partition coefficient (Wildman–Crippen LogP) is 17.5. The SMILES string of the molecule is CC(C)(C)c1ccc(N2c3ccc(N4c5ccccc5C5(C)CCCCCC45C)cc3B3c4ccc(C(C)(C)C)cc4N(c4cccc(C(C)(C)C)c4)c4cc(N5c6ccccc6C6(C)CCCCC56C)cc2c43)cc1. The Morgan fingerprint density at radius 2 is 0.855 bits per heavy atom. The van der Waals surface area contributed by atoms with Gasteiger partial charge in [-0.2, -0.15) is 0 Å².